The third-order valence-corrected chi connectivity index (χ3v) is 6.82. The Morgan fingerprint density at radius 1 is 1.00 bits per heavy atom. The SMILES string of the molecule is CCNC(=O)[C@@H](Cc1ccccc1)N(Cc1c(Cl)cccc1Cl)C(=O)COc1ccc(Cl)cc1Br. The maximum Gasteiger partial charge on any atom is 0.261 e. The smallest absolute Gasteiger partial charge is 0.261 e. The van der Waals surface area contributed by atoms with Crippen LogP contribution in [0.3, 0.4) is 0 Å². The van der Waals surface area contributed by atoms with Crippen molar-refractivity contribution in [3.63, 3.8) is 0 Å². The minimum absolute atomic E-state index is 0.0388. The number of hydrogen-bond donors (Lipinski definition) is 1. The fraction of sp³-hybridized carbons (Fsp3) is 0.231. The van der Waals surface area contributed by atoms with E-state index in [4.69, 9.17) is 39.5 Å². The molecule has 1 N–H and O–H groups in total. The van der Waals surface area contributed by atoms with E-state index in [1.807, 2.05) is 37.3 Å². The molecule has 3 rings (SSSR count). The van der Waals surface area contributed by atoms with Crippen LogP contribution in [0.25, 0.3) is 0 Å². The molecule has 5 nitrogen and oxygen atoms in total. The number of nitrogens with one attached hydrogen (secondary N) is 1. The number of likely N-dealkylation sites (N-methyl/N-ethyl adjacent to an activating group) is 1. The zero-order valence-electron chi connectivity index (χ0n) is 18.9. The molecule has 0 heterocycles. The maximum atomic E-state index is 13.6. The molecule has 3 aromatic rings. The van der Waals surface area contributed by atoms with Crippen LogP contribution < -0.4 is 10.1 Å². The zero-order valence-corrected chi connectivity index (χ0v) is 22.8. The summed E-state index contributed by atoms with van der Waals surface area (Å²) >= 11 is 22.2. The highest BCUT2D eigenvalue weighted by molar-refractivity contribution is 9.10. The van der Waals surface area contributed by atoms with Gasteiger partial charge in [-0.2, -0.15) is 0 Å². The van der Waals surface area contributed by atoms with Gasteiger partial charge in [0.25, 0.3) is 5.91 Å². The molecule has 0 radical (unpaired) electrons. The molecule has 0 unspecified atom stereocenters. The molecule has 0 saturated carbocycles. The second kappa shape index (κ2) is 13.2. The van der Waals surface area contributed by atoms with Gasteiger partial charge in [-0.15, -0.1) is 0 Å². The fourth-order valence-corrected chi connectivity index (χ4v) is 4.83. The Morgan fingerprint density at radius 2 is 1.69 bits per heavy atom. The van der Waals surface area contributed by atoms with Crippen molar-refractivity contribution in [2.75, 3.05) is 13.2 Å². The first-order valence-electron chi connectivity index (χ1n) is 10.9. The number of benzene rings is 3. The second-order valence-electron chi connectivity index (χ2n) is 7.69. The largest absolute Gasteiger partial charge is 0.483 e. The summed E-state index contributed by atoms with van der Waals surface area (Å²) in [7, 11) is 0. The molecule has 0 fully saturated rings. The Morgan fingerprint density at radius 3 is 2.31 bits per heavy atom. The van der Waals surface area contributed by atoms with Gasteiger partial charge in [-0.05, 0) is 58.7 Å². The first kappa shape index (κ1) is 27.3. The van der Waals surface area contributed by atoms with Crippen LogP contribution in [-0.2, 0) is 22.6 Å². The summed E-state index contributed by atoms with van der Waals surface area (Å²) in [6.45, 7) is 1.99. The average molecular weight is 599 g/mol. The van der Waals surface area contributed by atoms with Crippen molar-refractivity contribution in [3.8, 4) is 5.75 Å². The summed E-state index contributed by atoms with van der Waals surface area (Å²) in [5.74, 6) is -0.216. The van der Waals surface area contributed by atoms with Gasteiger partial charge in [0.1, 0.15) is 11.8 Å². The quantitative estimate of drug-likeness (QED) is 0.288. The van der Waals surface area contributed by atoms with E-state index in [0.29, 0.717) is 43.8 Å². The Balaban J connectivity index is 1.95. The van der Waals surface area contributed by atoms with Gasteiger partial charge < -0.3 is 15.0 Å². The van der Waals surface area contributed by atoms with Gasteiger partial charge >= 0.3 is 0 Å². The lowest BCUT2D eigenvalue weighted by atomic mass is 10.0. The van der Waals surface area contributed by atoms with Crippen LogP contribution in [0, 0.1) is 0 Å². The van der Waals surface area contributed by atoms with Crippen LogP contribution in [0.2, 0.25) is 15.1 Å². The lowest BCUT2D eigenvalue weighted by molar-refractivity contribution is -0.142. The van der Waals surface area contributed by atoms with Crippen molar-refractivity contribution in [1.29, 1.82) is 0 Å². The Kier molecular flexibility index (Phi) is 10.3. The second-order valence-corrected chi connectivity index (χ2v) is 9.79. The lowest BCUT2D eigenvalue weighted by Gasteiger charge is -2.32. The fourth-order valence-electron chi connectivity index (χ4n) is 3.51. The van der Waals surface area contributed by atoms with Crippen LogP contribution in [0.4, 0.5) is 0 Å². The first-order valence-corrected chi connectivity index (χ1v) is 12.8. The van der Waals surface area contributed by atoms with E-state index in [2.05, 4.69) is 21.2 Å². The predicted molar refractivity (Wildman–Crippen MR) is 144 cm³/mol. The Labute approximate surface area is 228 Å². The van der Waals surface area contributed by atoms with Gasteiger partial charge in [-0.3, -0.25) is 9.59 Å². The highest BCUT2D eigenvalue weighted by atomic mass is 79.9. The maximum absolute atomic E-state index is 13.6. The number of carbonyl (C=O) groups is 2. The van der Waals surface area contributed by atoms with Crippen LogP contribution in [0.15, 0.2) is 71.2 Å². The summed E-state index contributed by atoms with van der Waals surface area (Å²) in [6, 6.07) is 18.8. The van der Waals surface area contributed by atoms with E-state index in [1.54, 1.807) is 36.4 Å². The molecule has 0 aliphatic rings. The summed E-state index contributed by atoms with van der Waals surface area (Å²) in [4.78, 5) is 28.2. The van der Waals surface area contributed by atoms with Crippen molar-refractivity contribution in [2.24, 2.45) is 0 Å². The molecule has 2 amide bonds. The zero-order chi connectivity index (χ0) is 25.4. The molecular weight excluding hydrogens is 575 g/mol. The number of carbonyl (C=O) groups excluding carboxylic acids is 2. The molecule has 1 atom stereocenters. The highest BCUT2D eigenvalue weighted by Crippen LogP contribution is 2.29. The molecule has 0 saturated heterocycles. The summed E-state index contributed by atoms with van der Waals surface area (Å²) in [5.41, 5.74) is 1.47. The first-order chi connectivity index (χ1) is 16.8. The van der Waals surface area contributed by atoms with Crippen molar-refractivity contribution < 1.29 is 14.3 Å². The average Bonchev–Trinajstić information content (AvgIpc) is 2.83. The molecule has 0 aliphatic heterocycles. The van der Waals surface area contributed by atoms with Crippen LogP contribution in [-0.4, -0.2) is 35.9 Å². The predicted octanol–water partition coefficient (Wildman–Crippen LogP) is 6.56. The number of rotatable bonds is 10. The molecule has 0 aromatic heterocycles. The van der Waals surface area contributed by atoms with E-state index >= 15 is 0 Å². The van der Waals surface area contributed by atoms with E-state index in [-0.39, 0.29) is 19.1 Å². The van der Waals surface area contributed by atoms with Crippen LogP contribution >= 0.6 is 50.7 Å². The number of hydrogen-bond acceptors (Lipinski definition) is 3. The van der Waals surface area contributed by atoms with Crippen LogP contribution in [0.5, 0.6) is 5.75 Å². The minimum atomic E-state index is -0.811. The van der Waals surface area contributed by atoms with E-state index in [9.17, 15) is 9.59 Å². The molecule has 0 aliphatic carbocycles. The number of halogens is 4. The van der Waals surface area contributed by atoms with Gasteiger partial charge in [-0.1, -0.05) is 71.2 Å². The van der Waals surface area contributed by atoms with Gasteiger partial charge in [-0.25, -0.2) is 0 Å². The van der Waals surface area contributed by atoms with Crippen molar-refractivity contribution in [2.45, 2.75) is 25.9 Å². The molecule has 9 heteroatoms. The van der Waals surface area contributed by atoms with Crippen molar-refractivity contribution in [3.05, 3.63) is 97.4 Å². The van der Waals surface area contributed by atoms with Crippen molar-refractivity contribution in [1.82, 2.24) is 10.2 Å². The molecule has 184 valence electrons. The molecule has 0 spiro atoms. The van der Waals surface area contributed by atoms with Gasteiger partial charge in [0.15, 0.2) is 6.61 Å². The Hall–Kier alpha value is -2.25. The summed E-state index contributed by atoms with van der Waals surface area (Å²) in [5, 5.41) is 4.19. The standard InChI is InChI=1S/C26H24BrCl3N2O3/c1-2-31-26(34)23(13-17-7-4-3-5-8-17)32(15-19-21(29)9-6-10-22(19)30)25(33)16-35-24-12-11-18(28)14-20(24)27/h3-12,14,23H,2,13,15-16H2,1H3,(H,31,34)/t23-/m1/s1. The molecule has 35 heavy (non-hydrogen) atoms. The number of nitrogens with zero attached hydrogens (tertiary/aromatic N) is 1. The van der Waals surface area contributed by atoms with E-state index < -0.39 is 11.9 Å². The summed E-state index contributed by atoms with van der Waals surface area (Å²) in [6.07, 6.45) is 0.311. The number of amides is 2. The topological polar surface area (TPSA) is 58.6 Å². The van der Waals surface area contributed by atoms with Crippen LogP contribution in [0.1, 0.15) is 18.1 Å². The van der Waals surface area contributed by atoms with Gasteiger partial charge in [0, 0.05) is 40.1 Å². The lowest BCUT2D eigenvalue weighted by Crippen LogP contribution is -2.51. The van der Waals surface area contributed by atoms with Crippen molar-refractivity contribution >= 4 is 62.5 Å². The number of ether oxygens (including phenoxy) is 1. The van der Waals surface area contributed by atoms with Gasteiger partial charge in [0.2, 0.25) is 5.91 Å². The molecule has 3 aromatic carbocycles. The third kappa shape index (κ3) is 7.61. The minimum Gasteiger partial charge on any atom is -0.483 e. The summed E-state index contributed by atoms with van der Waals surface area (Å²) < 4.78 is 6.39. The van der Waals surface area contributed by atoms with E-state index in [0.717, 1.165) is 5.56 Å². The third-order valence-electron chi connectivity index (χ3n) is 5.26. The van der Waals surface area contributed by atoms with E-state index in [1.165, 1.54) is 4.90 Å². The Bertz CT molecular complexity index is 1160. The molecule has 0 bridgehead atoms. The normalized spacial score (nSPS) is 11.6. The monoisotopic (exact) mass is 596 g/mol. The van der Waals surface area contributed by atoms with Gasteiger partial charge in [0.05, 0.1) is 4.47 Å². The highest BCUT2D eigenvalue weighted by Gasteiger charge is 2.31. The molecular formula is C26H24BrCl3N2O3.